The van der Waals surface area contributed by atoms with Gasteiger partial charge in [-0.3, -0.25) is 14.8 Å². The van der Waals surface area contributed by atoms with Gasteiger partial charge in [-0.05, 0) is 30.3 Å². The zero-order chi connectivity index (χ0) is 22.8. The number of ketones is 1. The van der Waals surface area contributed by atoms with Gasteiger partial charge >= 0.3 is 6.03 Å². The molecule has 0 atom stereocenters. The molecule has 0 radical (unpaired) electrons. The van der Waals surface area contributed by atoms with E-state index in [1.165, 1.54) is 48.8 Å². The predicted molar refractivity (Wildman–Crippen MR) is 108 cm³/mol. The minimum absolute atomic E-state index is 0.164. The highest BCUT2D eigenvalue weighted by molar-refractivity contribution is 6.11. The second kappa shape index (κ2) is 8.42. The van der Waals surface area contributed by atoms with Gasteiger partial charge in [0.05, 0.1) is 28.0 Å². The first kappa shape index (κ1) is 20.9. The Balaban J connectivity index is 1.67. The standard InChI is InChI=1S/C22H12F4N4O2/c23-12-3-1-2-4-14(12)29-22(32)30-17-10-13(24)19(25)18(20(17)26)21(31)11-5-6-15-16(9-11)28-8-7-27-15/h1-10H,(H2,29,30,32). The van der Waals surface area contributed by atoms with Crippen molar-refractivity contribution in [3.8, 4) is 0 Å². The van der Waals surface area contributed by atoms with Gasteiger partial charge in [0, 0.05) is 24.0 Å². The summed E-state index contributed by atoms with van der Waals surface area (Å²) in [6.07, 6.45) is 2.80. The van der Waals surface area contributed by atoms with Crippen LogP contribution in [0.3, 0.4) is 0 Å². The summed E-state index contributed by atoms with van der Waals surface area (Å²) < 4.78 is 57.2. The fraction of sp³-hybridized carbons (Fsp3) is 0. The third-order valence-corrected chi connectivity index (χ3v) is 4.49. The molecule has 1 heterocycles. The number of hydrogen-bond acceptors (Lipinski definition) is 4. The zero-order valence-electron chi connectivity index (χ0n) is 16.0. The Morgan fingerprint density at radius 3 is 2.16 bits per heavy atom. The molecule has 2 amide bonds. The number of para-hydroxylation sites is 1. The van der Waals surface area contributed by atoms with Crippen LogP contribution >= 0.6 is 0 Å². The molecule has 0 bridgehead atoms. The van der Waals surface area contributed by atoms with Crippen molar-refractivity contribution < 1.29 is 27.2 Å². The maximum atomic E-state index is 15.0. The zero-order valence-corrected chi connectivity index (χ0v) is 16.0. The third-order valence-electron chi connectivity index (χ3n) is 4.49. The number of rotatable bonds is 4. The number of aromatic nitrogens is 2. The van der Waals surface area contributed by atoms with E-state index < -0.39 is 46.3 Å². The van der Waals surface area contributed by atoms with E-state index in [-0.39, 0.29) is 16.8 Å². The van der Waals surface area contributed by atoms with Gasteiger partial charge in [-0.1, -0.05) is 12.1 Å². The van der Waals surface area contributed by atoms with E-state index in [9.17, 15) is 27.2 Å². The number of fused-ring (bicyclic) bond motifs is 1. The Hall–Kier alpha value is -4.34. The Morgan fingerprint density at radius 2 is 1.41 bits per heavy atom. The summed E-state index contributed by atoms with van der Waals surface area (Å²) in [6.45, 7) is 0. The van der Waals surface area contributed by atoms with E-state index in [0.29, 0.717) is 11.6 Å². The Bertz CT molecular complexity index is 1380. The van der Waals surface area contributed by atoms with Crippen LogP contribution in [-0.4, -0.2) is 21.8 Å². The molecule has 4 aromatic rings. The molecule has 0 unspecified atom stereocenters. The molecule has 10 heteroatoms. The van der Waals surface area contributed by atoms with Gasteiger partial charge in [0.15, 0.2) is 23.2 Å². The summed E-state index contributed by atoms with van der Waals surface area (Å²) in [5.41, 5.74) is -1.66. The summed E-state index contributed by atoms with van der Waals surface area (Å²) in [6, 6.07) is 8.37. The summed E-state index contributed by atoms with van der Waals surface area (Å²) in [5, 5.41) is 4.07. The number of nitrogens with one attached hydrogen (secondary N) is 2. The van der Waals surface area contributed by atoms with Crippen molar-refractivity contribution in [2.24, 2.45) is 0 Å². The SMILES string of the molecule is O=C(Nc1ccccc1F)Nc1cc(F)c(F)c(C(=O)c2ccc3nccnc3c2)c1F. The van der Waals surface area contributed by atoms with Crippen molar-refractivity contribution in [3.63, 3.8) is 0 Å². The van der Waals surface area contributed by atoms with Gasteiger partial charge in [-0.25, -0.2) is 22.4 Å². The molecule has 0 aliphatic heterocycles. The maximum absolute atomic E-state index is 15.0. The normalized spacial score (nSPS) is 10.8. The molecule has 0 spiro atoms. The molecule has 160 valence electrons. The number of nitrogens with zero attached hydrogens (tertiary/aromatic N) is 2. The number of halogens is 4. The van der Waals surface area contributed by atoms with Gasteiger partial charge in [0.2, 0.25) is 0 Å². The molecule has 1 aromatic heterocycles. The topological polar surface area (TPSA) is 84.0 Å². The van der Waals surface area contributed by atoms with Crippen LogP contribution in [0.25, 0.3) is 11.0 Å². The maximum Gasteiger partial charge on any atom is 0.323 e. The van der Waals surface area contributed by atoms with Crippen molar-refractivity contribution in [1.82, 2.24) is 9.97 Å². The highest BCUT2D eigenvalue weighted by atomic mass is 19.2. The first-order valence-electron chi connectivity index (χ1n) is 9.10. The number of urea groups is 1. The lowest BCUT2D eigenvalue weighted by Crippen LogP contribution is -2.22. The van der Waals surface area contributed by atoms with Crippen LogP contribution in [0.2, 0.25) is 0 Å². The minimum atomic E-state index is -1.72. The Morgan fingerprint density at radius 1 is 0.719 bits per heavy atom. The van der Waals surface area contributed by atoms with E-state index in [2.05, 4.69) is 15.3 Å². The van der Waals surface area contributed by atoms with Crippen LogP contribution in [0.1, 0.15) is 15.9 Å². The molecule has 0 fully saturated rings. The average molecular weight is 440 g/mol. The molecule has 32 heavy (non-hydrogen) atoms. The highest BCUT2D eigenvalue weighted by Gasteiger charge is 2.26. The van der Waals surface area contributed by atoms with E-state index in [1.807, 2.05) is 5.32 Å². The van der Waals surface area contributed by atoms with E-state index >= 15 is 0 Å². The number of carbonyl (C=O) groups is 2. The fourth-order valence-electron chi connectivity index (χ4n) is 2.98. The summed E-state index contributed by atoms with van der Waals surface area (Å²) in [5.74, 6) is -6.69. The molecular formula is C22H12F4N4O2. The molecule has 2 N–H and O–H groups in total. The molecule has 3 aromatic carbocycles. The number of hydrogen-bond donors (Lipinski definition) is 2. The molecule has 0 saturated heterocycles. The van der Waals surface area contributed by atoms with Crippen LogP contribution in [0.5, 0.6) is 0 Å². The van der Waals surface area contributed by atoms with Crippen molar-refractivity contribution in [3.05, 3.63) is 95.3 Å². The Kier molecular flexibility index (Phi) is 5.50. The van der Waals surface area contributed by atoms with Gasteiger partial charge in [0.1, 0.15) is 5.82 Å². The number of amides is 2. The van der Waals surface area contributed by atoms with Crippen LogP contribution in [0.15, 0.2) is 60.9 Å². The highest BCUT2D eigenvalue weighted by Crippen LogP contribution is 2.27. The molecule has 0 saturated carbocycles. The van der Waals surface area contributed by atoms with E-state index in [0.717, 1.165) is 6.07 Å². The second-order valence-corrected chi connectivity index (χ2v) is 6.56. The molecule has 6 nitrogen and oxygen atoms in total. The number of anilines is 2. The monoisotopic (exact) mass is 440 g/mol. The van der Waals surface area contributed by atoms with Crippen LogP contribution in [-0.2, 0) is 0 Å². The van der Waals surface area contributed by atoms with Gasteiger partial charge < -0.3 is 10.6 Å². The van der Waals surface area contributed by atoms with Crippen molar-refractivity contribution in [2.45, 2.75) is 0 Å². The van der Waals surface area contributed by atoms with Crippen LogP contribution in [0, 0.1) is 23.3 Å². The van der Waals surface area contributed by atoms with Gasteiger partial charge in [0.25, 0.3) is 0 Å². The minimum Gasteiger partial charge on any atom is -0.305 e. The smallest absolute Gasteiger partial charge is 0.305 e. The first-order valence-corrected chi connectivity index (χ1v) is 9.10. The Labute approximate surface area is 177 Å². The van der Waals surface area contributed by atoms with Gasteiger partial charge in [-0.2, -0.15) is 0 Å². The van der Waals surface area contributed by atoms with Gasteiger partial charge in [-0.15, -0.1) is 0 Å². The second-order valence-electron chi connectivity index (χ2n) is 6.56. The van der Waals surface area contributed by atoms with Crippen molar-refractivity contribution in [2.75, 3.05) is 10.6 Å². The molecule has 0 aliphatic rings. The molecular weight excluding hydrogens is 428 g/mol. The summed E-state index contributed by atoms with van der Waals surface area (Å²) in [7, 11) is 0. The van der Waals surface area contributed by atoms with Crippen molar-refractivity contribution in [1.29, 1.82) is 0 Å². The van der Waals surface area contributed by atoms with Crippen LogP contribution in [0.4, 0.5) is 33.7 Å². The van der Waals surface area contributed by atoms with Crippen molar-refractivity contribution >= 4 is 34.2 Å². The predicted octanol–water partition coefficient (Wildman–Crippen LogP) is 5.06. The van der Waals surface area contributed by atoms with E-state index in [4.69, 9.17) is 0 Å². The molecule has 4 rings (SSSR count). The fourth-order valence-corrected chi connectivity index (χ4v) is 2.98. The van der Waals surface area contributed by atoms with E-state index in [1.54, 1.807) is 0 Å². The quantitative estimate of drug-likeness (QED) is 0.264. The average Bonchev–Trinajstić information content (AvgIpc) is 2.78. The lowest BCUT2D eigenvalue weighted by molar-refractivity contribution is 0.103. The number of carbonyl (C=O) groups excluding carboxylic acids is 2. The summed E-state index contributed by atoms with van der Waals surface area (Å²) >= 11 is 0. The lowest BCUT2D eigenvalue weighted by Gasteiger charge is -2.12. The first-order chi connectivity index (χ1) is 15.3. The summed E-state index contributed by atoms with van der Waals surface area (Å²) in [4.78, 5) is 32.9. The third kappa shape index (κ3) is 3.97. The lowest BCUT2D eigenvalue weighted by atomic mass is 10.0. The number of benzene rings is 3. The molecule has 0 aliphatic carbocycles. The largest absolute Gasteiger partial charge is 0.323 e. The van der Waals surface area contributed by atoms with Crippen LogP contribution < -0.4 is 10.6 Å².